The van der Waals surface area contributed by atoms with Crippen molar-refractivity contribution in [3.63, 3.8) is 0 Å². The number of hydrogen-bond donors (Lipinski definition) is 4. The van der Waals surface area contributed by atoms with Gasteiger partial charge in [-0.05, 0) is 36.4 Å². The maximum atomic E-state index is 14.8. The number of amides is 1. The lowest BCUT2D eigenvalue weighted by Gasteiger charge is -2.15. The molecule has 3 aromatic rings. The molecule has 0 aliphatic carbocycles. The summed E-state index contributed by atoms with van der Waals surface area (Å²) in [5.74, 6) is -0.198. The highest BCUT2D eigenvalue weighted by molar-refractivity contribution is 7.45. The van der Waals surface area contributed by atoms with E-state index in [-0.39, 0.29) is 17.8 Å². The van der Waals surface area contributed by atoms with E-state index in [9.17, 15) is 18.7 Å². The fourth-order valence-corrected chi connectivity index (χ4v) is 3.07. The molecule has 4 N–H and O–H groups in total. The number of cyclic esters (lactones) is 1. The zero-order valence-corrected chi connectivity index (χ0v) is 19.0. The van der Waals surface area contributed by atoms with Crippen molar-refractivity contribution in [1.82, 2.24) is 25.2 Å². The summed E-state index contributed by atoms with van der Waals surface area (Å²) in [6.07, 6.45) is -1.68. The van der Waals surface area contributed by atoms with Crippen LogP contribution >= 0.6 is 7.82 Å². The van der Waals surface area contributed by atoms with Crippen molar-refractivity contribution in [1.29, 1.82) is 0 Å². The Balaban J connectivity index is 0.000000623. The molecule has 0 radical (unpaired) electrons. The number of aliphatic hydroxyl groups is 1. The number of anilines is 1. The summed E-state index contributed by atoms with van der Waals surface area (Å²) < 4.78 is 41.2. The number of tetrazole rings is 1. The van der Waals surface area contributed by atoms with Crippen LogP contribution in [0.15, 0.2) is 36.5 Å². The fraction of sp³-hybridized carbons (Fsp3) is 0.316. The number of pyridine rings is 1. The monoisotopic (exact) mass is 514 g/mol. The highest BCUT2D eigenvalue weighted by atomic mass is 31.2. The molecular weight excluding hydrogens is 493 g/mol. The van der Waals surface area contributed by atoms with Gasteiger partial charge in [0.05, 0.1) is 18.8 Å². The lowest BCUT2D eigenvalue weighted by molar-refractivity contribution is 0.0188. The zero-order valence-electron chi connectivity index (χ0n) is 18.1. The Morgan fingerprint density at radius 2 is 1.97 bits per heavy atom. The lowest BCUT2D eigenvalue weighted by Crippen LogP contribution is -2.32. The molecular formula is C19H21F2N6O7P. The van der Waals surface area contributed by atoms with Crippen LogP contribution in [-0.4, -0.2) is 76.5 Å². The number of benzene rings is 1. The highest BCUT2D eigenvalue weighted by Crippen LogP contribution is 2.30. The van der Waals surface area contributed by atoms with Crippen LogP contribution < -0.4 is 4.90 Å². The van der Waals surface area contributed by atoms with Crippen LogP contribution in [0, 0.1) is 5.82 Å². The normalized spacial score (nSPS) is 16.5. The molecule has 1 amide bonds. The van der Waals surface area contributed by atoms with Crippen LogP contribution in [0.25, 0.3) is 22.6 Å². The van der Waals surface area contributed by atoms with Crippen molar-refractivity contribution < 1.29 is 42.7 Å². The van der Waals surface area contributed by atoms with Crippen LogP contribution in [0.2, 0.25) is 0 Å². The summed E-state index contributed by atoms with van der Waals surface area (Å²) >= 11 is 0. The van der Waals surface area contributed by atoms with Gasteiger partial charge < -0.3 is 24.5 Å². The van der Waals surface area contributed by atoms with E-state index in [1.54, 1.807) is 18.2 Å². The zero-order chi connectivity index (χ0) is 25.8. The van der Waals surface area contributed by atoms with Crippen molar-refractivity contribution in [3.8, 4) is 22.6 Å². The number of nitrogens with zero attached hydrogens (tertiary/aromatic N) is 6. The van der Waals surface area contributed by atoms with Gasteiger partial charge in [-0.15, -0.1) is 10.2 Å². The van der Waals surface area contributed by atoms with Crippen LogP contribution in [0.5, 0.6) is 0 Å². The first-order valence-corrected chi connectivity index (χ1v) is 11.6. The second-order valence-corrected chi connectivity index (χ2v) is 8.19. The van der Waals surface area contributed by atoms with Crippen LogP contribution in [0.4, 0.5) is 19.3 Å². The van der Waals surface area contributed by atoms with Gasteiger partial charge in [-0.1, -0.05) is 6.07 Å². The lowest BCUT2D eigenvalue weighted by atomic mass is 10.1. The summed E-state index contributed by atoms with van der Waals surface area (Å²) in [6.45, 7) is 1.37. The van der Waals surface area contributed by atoms with Crippen molar-refractivity contribution in [2.24, 2.45) is 0 Å². The molecule has 1 aliphatic rings. The van der Waals surface area contributed by atoms with Gasteiger partial charge >= 0.3 is 13.9 Å². The minimum Gasteiger partial charge on any atom is -0.441 e. The number of carbonyl (C=O) groups excluding carboxylic acids is 1. The minimum atomic E-state index is -4.64. The summed E-state index contributed by atoms with van der Waals surface area (Å²) in [7, 11) is -4.64. The van der Waals surface area contributed by atoms with Gasteiger partial charge in [0.15, 0.2) is 6.10 Å². The molecule has 0 saturated carbocycles. The third kappa shape index (κ3) is 6.83. The summed E-state index contributed by atoms with van der Waals surface area (Å²) in [4.78, 5) is 40.4. The maximum absolute atomic E-state index is 14.8. The van der Waals surface area contributed by atoms with Crippen molar-refractivity contribution >= 4 is 19.6 Å². The van der Waals surface area contributed by atoms with Crippen molar-refractivity contribution in [2.45, 2.75) is 25.7 Å². The topological polar surface area (TPSA) is 184 Å². The van der Waals surface area contributed by atoms with E-state index < -0.39 is 38.6 Å². The van der Waals surface area contributed by atoms with E-state index in [1.165, 1.54) is 23.1 Å². The van der Waals surface area contributed by atoms with E-state index >= 15 is 0 Å². The number of halogens is 2. The summed E-state index contributed by atoms with van der Waals surface area (Å²) in [5, 5.41) is 21.5. The molecule has 1 saturated heterocycles. The quantitative estimate of drug-likeness (QED) is 0.348. The molecule has 1 fully saturated rings. The minimum absolute atomic E-state index is 0.0651. The molecule has 1 unspecified atom stereocenters. The molecule has 13 nitrogen and oxygen atoms in total. The van der Waals surface area contributed by atoms with E-state index in [2.05, 4.69) is 20.4 Å². The van der Waals surface area contributed by atoms with Gasteiger partial charge in [-0.2, -0.15) is 4.80 Å². The van der Waals surface area contributed by atoms with Gasteiger partial charge in [-0.25, -0.2) is 18.1 Å². The Bertz CT molecular complexity index is 1210. The number of alkyl halides is 1. The molecule has 3 heterocycles. The van der Waals surface area contributed by atoms with E-state index in [0.717, 1.165) is 4.90 Å². The Labute approximate surface area is 196 Å². The van der Waals surface area contributed by atoms with Gasteiger partial charge in [0.1, 0.15) is 24.3 Å². The first-order valence-electron chi connectivity index (χ1n) is 10.0. The second-order valence-electron chi connectivity index (χ2n) is 7.17. The molecule has 16 heteroatoms. The van der Waals surface area contributed by atoms with Crippen molar-refractivity contribution in [2.75, 3.05) is 18.1 Å². The largest absolute Gasteiger partial charge is 0.466 e. The maximum Gasteiger partial charge on any atom is 0.466 e. The predicted octanol–water partition coefficient (Wildman–Crippen LogP) is 1.29. The summed E-state index contributed by atoms with van der Waals surface area (Å²) in [6, 6.07) is 7.60. The Morgan fingerprint density at radius 1 is 1.26 bits per heavy atom. The first kappa shape index (κ1) is 26.2. The first-order chi connectivity index (χ1) is 16.5. The molecule has 2 aromatic heterocycles. The molecule has 2 atom stereocenters. The van der Waals surface area contributed by atoms with Gasteiger partial charge in [0.25, 0.3) is 0 Å². The number of phosphoric acid groups is 1. The molecule has 188 valence electrons. The average molecular weight is 514 g/mol. The smallest absolute Gasteiger partial charge is 0.441 e. The van der Waals surface area contributed by atoms with Crippen molar-refractivity contribution in [3.05, 3.63) is 42.3 Å². The number of ether oxygens (including phenoxy) is 1. The Hall–Kier alpha value is -3.36. The molecule has 0 spiro atoms. The average Bonchev–Trinajstić information content (AvgIpc) is 3.44. The number of aliphatic hydroxyl groups excluding tert-OH is 1. The van der Waals surface area contributed by atoms with E-state index in [0.29, 0.717) is 23.6 Å². The SMILES string of the molecule is CCn1nnc(-c2ccc(-c3ccc(N4C[C@H](C(O)CF)OC4=O)cc3F)cn2)n1.O=P(O)(O)O. The molecule has 1 aromatic carbocycles. The van der Waals surface area contributed by atoms with E-state index in [4.69, 9.17) is 24.0 Å². The Kier molecular flexibility index (Phi) is 8.19. The van der Waals surface area contributed by atoms with Gasteiger partial charge in [0, 0.05) is 17.3 Å². The standard InChI is InChI=1S/C19H18F2N6O3.H3O4P/c1-2-27-24-18(23-25-27)15-6-3-11(9-22-15)13-5-4-12(7-14(13)21)26-10-17(16(28)8-20)30-19(26)29;1-5(2,3)4/h3-7,9,16-17,28H,2,8,10H2,1H3;(H3,1,2,3,4)/t16?,17-;/m1./s1. The number of carbonyl (C=O) groups is 1. The Morgan fingerprint density at radius 3 is 2.51 bits per heavy atom. The number of rotatable bonds is 6. The van der Waals surface area contributed by atoms with Gasteiger partial charge in [-0.3, -0.25) is 9.88 Å². The molecule has 1 aliphatic heterocycles. The number of aryl methyl sites for hydroxylation is 1. The molecule has 4 rings (SSSR count). The summed E-state index contributed by atoms with van der Waals surface area (Å²) in [5.41, 5.74) is 1.57. The predicted molar refractivity (Wildman–Crippen MR) is 116 cm³/mol. The molecule has 0 bridgehead atoms. The number of aromatic nitrogens is 5. The van der Waals surface area contributed by atoms with Crippen LogP contribution in [0.1, 0.15) is 6.92 Å². The van der Waals surface area contributed by atoms with Crippen LogP contribution in [0.3, 0.4) is 0 Å². The van der Waals surface area contributed by atoms with Crippen LogP contribution in [-0.2, 0) is 15.8 Å². The fourth-order valence-electron chi connectivity index (χ4n) is 3.07. The highest BCUT2D eigenvalue weighted by Gasteiger charge is 2.37. The third-order valence-corrected chi connectivity index (χ3v) is 4.73. The van der Waals surface area contributed by atoms with E-state index in [1.807, 2.05) is 6.92 Å². The third-order valence-electron chi connectivity index (χ3n) is 4.73. The van der Waals surface area contributed by atoms with Gasteiger partial charge in [0.2, 0.25) is 5.82 Å². The number of hydrogen-bond acceptors (Lipinski definition) is 8. The molecule has 35 heavy (non-hydrogen) atoms. The second kappa shape index (κ2) is 10.9.